The molecule has 7 heteroatoms. The van der Waals surface area contributed by atoms with Gasteiger partial charge >= 0.3 is 0 Å². The van der Waals surface area contributed by atoms with Crippen molar-refractivity contribution < 1.29 is 4.79 Å². The summed E-state index contributed by atoms with van der Waals surface area (Å²) in [6.07, 6.45) is 6.79. The molecule has 0 unspecified atom stereocenters. The van der Waals surface area contributed by atoms with Crippen LogP contribution < -0.4 is 0 Å². The van der Waals surface area contributed by atoms with Gasteiger partial charge in [0.05, 0.1) is 16.6 Å². The van der Waals surface area contributed by atoms with Crippen molar-refractivity contribution in [2.45, 2.75) is 6.04 Å². The van der Waals surface area contributed by atoms with Crippen molar-refractivity contribution in [1.82, 2.24) is 24.3 Å². The van der Waals surface area contributed by atoms with Gasteiger partial charge < -0.3 is 9.47 Å². The van der Waals surface area contributed by atoms with Crippen molar-refractivity contribution in [2.24, 2.45) is 7.05 Å². The first-order valence-electron chi connectivity index (χ1n) is 7.14. The van der Waals surface area contributed by atoms with Crippen molar-refractivity contribution in [3.63, 3.8) is 0 Å². The molecular weight excluding hydrogens is 302 g/mol. The number of aryl methyl sites for hydroxylation is 1. The molecular formula is C15H18ClN5O. The molecule has 1 saturated heterocycles. The maximum absolute atomic E-state index is 12.7. The van der Waals surface area contributed by atoms with Gasteiger partial charge in [-0.2, -0.15) is 0 Å². The Kier molecular flexibility index (Phi) is 4.13. The second kappa shape index (κ2) is 6.06. The standard InChI is InChI=1S/C15H18ClN5O/c1-19-7-8-21(10-13(19)14-18-5-6-20(14)2)15(22)11-3-4-17-9-12(11)16/h3-6,9,13H,7-8,10H2,1-2H3/t13-/m1/s1. The number of aromatic nitrogens is 3. The molecule has 2 aromatic heterocycles. The Bertz CT molecular complexity index is 686. The fourth-order valence-electron chi connectivity index (χ4n) is 2.75. The molecule has 0 bridgehead atoms. The lowest BCUT2D eigenvalue weighted by Crippen LogP contribution is -2.49. The summed E-state index contributed by atoms with van der Waals surface area (Å²) in [5.74, 6) is 0.903. The van der Waals surface area contributed by atoms with Gasteiger partial charge in [-0.25, -0.2) is 4.98 Å². The predicted molar refractivity (Wildman–Crippen MR) is 83.7 cm³/mol. The number of piperazine rings is 1. The topological polar surface area (TPSA) is 54.3 Å². The molecule has 1 aliphatic heterocycles. The molecule has 116 valence electrons. The minimum absolute atomic E-state index is 0.0558. The molecule has 2 aromatic rings. The van der Waals surface area contributed by atoms with Gasteiger partial charge in [0.15, 0.2) is 0 Å². The molecule has 1 atom stereocenters. The van der Waals surface area contributed by atoms with E-state index in [0.29, 0.717) is 23.7 Å². The van der Waals surface area contributed by atoms with E-state index >= 15 is 0 Å². The van der Waals surface area contributed by atoms with Gasteiger partial charge in [-0.1, -0.05) is 11.6 Å². The molecule has 1 amide bonds. The number of hydrogen-bond acceptors (Lipinski definition) is 4. The van der Waals surface area contributed by atoms with E-state index in [-0.39, 0.29) is 11.9 Å². The smallest absolute Gasteiger partial charge is 0.255 e. The zero-order valence-electron chi connectivity index (χ0n) is 12.6. The van der Waals surface area contributed by atoms with E-state index in [1.54, 1.807) is 18.5 Å². The van der Waals surface area contributed by atoms with Crippen LogP contribution in [0.2, 0.25) is 5.02 Å². The third-order valence-corrected chi connectivity index (χ3v) is 4.40. The molecule has 0 aliphatic carbocycles. The summed E-state index contributed by atoms with van der Waals surface area (Å²) in [5.41, 5.74) is 0.500. The zero-order valence-corrected chi connectivity index (χ0v) is 13.4. The number of imidazole rings is 1. The average Bonchev–Trinajstić information content (AvgIpc) is 2.93. The molecule has 0 saturated carbocycles. The lowest BCUT2D eigenvalue weighted by Gasteiger charge is -2.39. The Balaban J connectivity index is 1.83. The van der Waals surface area contributed by atoms with Crippen LogP contribution in [0.5, 0.6) is 0 Å². The van der Waals surface area contributed by atoms with Crippen LogP contribution in [0.4, 0.5) is 0 Å². The number of nitrogens with zero attached hydrogens (tertiary/aromatic N) is 5. The summed E-state index contributed by atoms with van der Waals surface area (Å²) in [4.78, 5) is 25.1. The highest BCUT2D eigenvalue weighted by atomic mass is 35.5. The van der Waals surface area contributed by atoms with Crippen molar-refractivity contribution in [2.75, 3.05) is 26.7 Å². The summed E-state index contributed by atoms with van der Waals surface area (Å²) in [5, 5.41) is 0.389. The van der Waals surface area contributed by atoms with E-state index in [2.05, 4.69) is 21.9 Å². The summed E-state index contributed by atoms with van der Waals surface area (Å²) in [7, 11) is 4.03. The van der Waals surface area contributed by atoms with E-state index < -0.39 is 0 Å². The second-order valence-electron chi connectivity index (χ2n) is 5.50. The lowest BCUT2D eigenvalue weighted by atomic mass is 10.1. The number of amides is 1. The molecule has 0 spiro atoms. The van der Waals surface area contributed by atoms with Crippen LogP contribution in [0, 0.1) is 0 Å². The third-order valence-electron chi connectivity index (χ3n) is 4.09. The molecule has 1 aliphatic rings. The van der Waals surface area contributed by atoms with Crippen LogP contribution in [-0.4, -0.2) is 56.9 Å². The normalized spacial score (nSPS) is 19.4. The van der Waals surface area contributed by atoms with Gasteiger partial charge in [-0.15, -0.1) is 0 Å². The first kappa shape index (κ1) is 15.0. The van der Waals surface area contributed by atoms with Crippen LogP contribution in [0.25, 0.3) is 0 Å². The highest BCUT2D eigenvalue weighted by Gasteiger charge is 2.31. The minimum Gasteiger partial charge on any atom is -0.337 e. The SMILES string of the molecule is CN1CCN(C(=O)c2ccncc2Cl)C[C@@H]1c1nccn1C. The maximum Gasteiger partial charge on any atom is 0.255 e. The second-order valence-corrected chi connectivity index (χ2v) is 5.91. The number of hydrogen-bond donors (Lipinski definition) is 0. The van der Waals surface area contributed by atoms with Crippen molar-refractivity contribution in [3.8, 4) is 0 Å². The van der Waals surface area contributed by atoms with Crippen LogP contribution >= 0.6 is 11.6 Å². The fourth-order valence-corrected chi connectivity index (χ4v) is 2.95. The van der Waals surface area contributed by atoms with E-state index in [1.807, 2.05) is 22.7 Å². The molecule has 22 heavy (non-hydrogen) atoms. The number of likely N-dealkylation sites (N-methyl/N-ethyl adjacent to an activating group) is 1. The van der Waals surface area contributed by atoms with Gasteiger partial charge in [0.25, 0.3) is 5.91 Å². The fraction of sp³-hybridized carbons (Fsp3) is 0.400. The monoisotopic (exact) mass is 319 g/mol. The first-order chi connectivity index (χ1) is 10.6. The highest BCUT2D eigenvalue weighted by molar-refractivity contribution is 6.33. The van der Waals surface area contributed by atoms with Crippen LogP contribution in [0.1, 0.15) is 22.2 Å². The zero-order chi connectivity index (χ0) is 15.7. The number of carbonyl (C=O) groups is 1. The number of carbonyl (C=O) groups excluding carboxylic acids is 1. The van der Waals surface area contributed by atoms with Crippen LogP contribution in [0.15, 0.2) is 30.9 Å². The van der Waals surface area contributed by atoms with E-state index in [1.165, 1.54) is 6.20 Å². The Labute approximate surface area is 134 Å². The number of halogens is 1. The van der Waals surface area contributed by atoms with E-state index in [0.717, 1.165) is 12.4 Å². The predicted octanol–water partition coefficient (Wildman–Crippen LogP) is 1.60. The Morgan fingerprint density at radius 1 is 1.32 bits per heavy atom. The molecule has 6 nitrogen and oxygen atoms in total. The van der Waals surface area contributed by atoms with Crippen LogP contribution in [0.3, 0.4) is 0 Å². The number of pyridine rings is 1. The molecule has 0 N–H and O–H groups in total. The largest absolute Gasteiger partial charge is 0.337 e. The Morgan fingerprint density at radius 3 is 2.82 bits per heavy atom. The van der Waals surface area contributed by atoms with E-state index in [9.17, 15) is 4.79 Å². The first-order valence-corrected chi connectivity index (χ1v) is 7.52. The van der Waals surface area contributed by atoms with Crippen molar-refractivity contribution in [1.29, 1.82) is 0 Å². The quantitative estimate of drug-likeness (QED) is 0.843. The highest BCUT2D eigenvalue weighted by Crippen LogP contribution is 2.24. The van der Waals surface area contributed by atoms with Crippen molar-refractivity contribution in [3.05, 3.63) is 47.3 Å². The molecule has 3 rings (SSSR count). The lowest BCUT2D eigenvalue weighted by molar-refractivity contribution is 0.0529. The third kappa shape index (κ3) is 2.71. The van der Waals surface area contributed by atoms with Gasteiger partial charge in [-0.3, -0.25) is 14.7 Å². The average molecular weight is 320 g/mol. The van der Waals surface area contributed by atoms with Gasteiger partial charge in [-0.05, 0) is 13.1 Å². The maximum atomic E-state index is 12.7. The summed E-state index contributed by atoms with van der Waals surface area (Å²) < 4.78 is 1.99. The van der Waals surface area contributed by atoms with Gasteiger partial charge in [0.1, 0.15) is 5.82 Å². The van der Waals surface area contributed by atoms with Crippen LogP contribution in [-0.2, 0) is 7.05 Å². The molecule has 0 aromatic carbocycles. The summed E-state index contributed by atoms with van der Waals surface area (Å²) in [6.45, 7) is 2.07. The van der Waals surface area contributed by atoms with Crippen molar-refractivity contribution >= 4 is 17.5 Å². The molecule has 1 fully saturated rings. The molecule has 3 heterocycles. The summed E-state index contributed by atoms with van der Waals surface area (Å²) >= 11 is 6.09. The Hall–Kier alpha value is -1.92. The van der Waals surface area contributed by atoms with Gasteiger partial charge in [0.2, 0.25) is 0 Å². The minimum atomic E-state index is -0.0558. The Morgan fingerprint density at radius 2 is 2.14 bits per heavy atom. The molecule has 0 radical (unpaired) electrons. The van der Waals surface area contributed by atoms with E-state index in [4.69, 9.17) is 11.6 Å². The summed E-state index contributed by atoms with van der Waals surface area (Å²) in [6, 6.07) is 1.75. The van der Waals surface area contributed by atoms with Gasteiger partial charge in [0, 0.05) is 51.5 Å². The number of rotatable bonds is 2.